The summed E-state index contributed by atoms with van der Waals surface area (Å²) in [6, 6.07) is 18.0. The molecule has 0 radical (unpaired) electrons. The monoisotopic (exact) mass is 419 g/mol. The summed E-state index contributed by atoms with van der Waals surface area (Å²) < 4.78 is 1.67. The van der Waals surface area contributed by atoms with E-state index in [9.17, 15) is 14.9 Å². The van der Waals surface area contributed by atoms with E-state index in [2.05, 4.69) is 10.2 Å². The number of fused-ring (bicyclic) bond motifs is 1. The maximum Gasteiger partial charge on any atom is 0.284 e. The number of benzene rings is 3. The third-order valence-corrected chi connectivity index (χ3v) is 5.82. The number of hydrogen-bond donors (Lipinski definition) is 0. The third-order valence-electron chi connectivity index (χ3n) is 4.70. The van der Waals surface area contributed by atoms with Gasteiger partial charge >= 0.3 is 0 Å². The van der Waals surface area contributed by atoms with Gasteiger partial charge in [0.05, 0.1) is 9.82 Å². The number of carbonyl (C=O) groups excluding carboxylic acids is 1. The predicted octanol–water partition coefficient (Wildman–Crippen LogP) is 4.30. The second-order valence-corrected chi connectivity index (χ2v) is 7.67. The molecule has 1 amide bonds. The molecular formula is C21H17N5O3S. The van der Waals surface area contributed by atoms with Crippen molar-refractivity contribution >= 4 is 39.8 Å². The van der Waals surface area contributed by atoms with Gasteiger partial charge in [-0.25, -0.2) is 0 Å². The minimum atomic E-state index is -0.495. The fraction of sp³-hybridized carbons (Fsp3) is 0.0952. The van der Waals surface area contributed by atoms with Gasteiger partial charge in [0, 0.05) is 31.4 Å². The van der Waals surface area contributed by atoms with Crippen molar-refractivity contribution in [2.45, 2.75) is 10.1 Å². The number of nitro groups is 1. The summed E-state index contributed by atoms with van der Waals surface area (Å²) in [6.07, 6.45) is 1.52. The van der Waals surface area contributed by atoms with Crippen LogP contribution in [0.3, 0.4) is 0 Å². The molecule has 4 rings (SSSR count). The zero-order valence-corrected chi connectivity index (χ0v) is 17.0. The maximum atomic E-state index is 13.0. The molecule has 0 atom stereocenters. The van der Waals surface area contributed by atoms with Crippen LogP contribution in [0.15, 0.2) is 77.0 Å². The minimum absolute atomic E-state index is 0.152. The van der Waals surface area contributed by atoms with Gasteiger partial charge in [-0.3, -0.25) is 14.9 Å². The summed E-state index contributed by atoms with van der Waals surface area (Å²) in [5, 5.41) is 21.9. The van der Waals surface area contributed by atoms with Crippen molar-refractivity contribution in [3.05, 3.63) is 82.7 Å². The number of carbonyl (C=O) groups is 1. The number of rotatable bonds is 5. The number of nitrogens with zero attached hydrogens (tertiary/aromatic N) is 5. The van der Waals surface area contributed by atoms with Gasteiger partial charge in [-0.1, -0.05) is 30.3 Å². The highest BCUT2D eigenvalue weighted by molar-refractivity contribution is 7.99. The minimum Gasteiger partial charge on any atom is -0.311 e. The Labute approximate surface area is 176 Å². The SMILES string of the molecule is CN(C(=O)c1ccc(Sc2nncn2C)c([N+](=O)[O-])c1)c1ccc2ccccc2c1. The van der Waals surface area contributed by atoms with Gasteiger partial charge < -0.3 is 9.47 Å². The van der Waals surface area contributed by atoms with Crippen LogP contribution < -0.4 is 4.90 Å². The quantitative estimate of drug-likeness (QED) is 0.354. The Morgan fingerprint density at radius 3 is 2.57 bits per heavy atom. The maximum absolute atomic E-state index is 13.0. The van der Waals surface area contributed by atoms with Gasteiger partial charge in [-0.15, -0.1) is 10.2 Å². The van der Waals surface area contributed by atoms with Crippen molar-refractivity contribution in [3.8, 4) is 0 Å². The van der Waals surface area contributed by atoms with E-state index in [1.165, 1.54) is 17.3 Å². The molecule has 150 valence electrons. The van der Waals surface area contributed by atoms with Crippen LogP contribution in [0, 0.1) is 10.1 Å². The Morgan fingerprint density at radius 1 is 1.10 bits per heavy atom. The average molecular weight is 419 g/mol. The molecule has 1 heterocycles. The van der Waals surface area contributed by atoms with Gasteiger partial charge in [-0.05, 0) is 46.8 Å². The average Bonchev–Trinajstić information content (AvgIpc) is 3.16. The van der Waals surface area contributed by atoms with Crippen LogP contribution in [-0.2, 0) is 7.05 Å². The molecule has 0 N–H and O–H groups in total. The first-order valence-corrected chi connectivity index (χ1v) is 9.83. The number of aryl methyl sites for hydroxylation is 1. The fourth-order valence-electron chi connectivity index (χ4n) is 3.04. The zero-order valence-electron chi connectivity index (χ0n) is 16.2. The first-order chi connectivity index (χ1) is 14.4. The fourth-order valence-corrected chi connectivity index (χ4v) is 3.89. The molecule has 0 spiro atoms. The summed E-state index contributed by atoms with van der Waals surface area (Å²) in [5.74, 6) is -0.330. The third kappa shape index (κ3) is 3.74. The smallest absolute Gasteiger partial charge is 0.284 e. The predicted molar refractivity (Wildman–Crippen MR) is 115 cm³/mol. The Morgan fingerprint density at radius 2 is 1.87 bits per heavy atom. The standard InChI is InChI=1S/C21H17N5O3S/c1-24-13-22-23-21(24)30-19-10-8-16(12-18(19)26(28)29)20(27)25(2)17-9-7-14-5-3-4-6-15(14)11-17/h3-13H,1-2H3. The molecule has 0 aliphatic rings. The molecular weight excluding hydrogens is 402 g/mol. The molecule has 0 unspecified atom stereocenters. The van der Waals surface area contributed by atoms with E-state index in [0.717, 1.165) is 22.5 Å². The van der Waals surface area contributed by atoms with Crippen LogP contribution in [0.4, 0.5) is 11.4 Å². The number of amides is 1. The molecule has 0 saturated heterocycles. The van der Waals surface area contributed by atoms with Crippen LogP contribution in [0.1, 0.15) is 10.4 Å². The topological polar surface area (TPSA) is 94.2 Å². The summed E-state index contributed by atoms with van der Waals surface area (Å²) in [7, 11) is 3.41. The molecule has 0 saturated carbocycles. The van der Waals surface area contributed by atoms with Crippen LogP contribution in [-0.4, -0.2) is 32.6 Å². The highest BCUT2D eigenvalue weighted by atomic mass is 32.2. The lowest BCUT2D eigenvalue weighted by atomic mass is 10.1. The summed E-state index contributed by atoms with van der Waals surface area (Å²) in [5.41, 5.74) is 0.791. The Bertz CT molecular complexity index is 1270. The first kappa shape index (κ1) is 19.6. The van der Waals surface area contributed by atoms with E-state index in [0.29, 0.717) is 15.7 Å². The molecule has 30 heavy (non-hydrogen) atoms. The van der Waals surface area contributed by atoms with Crippen molar-refractivity contribution in [3.63, 3.8) is 0 Å². The van der Waals surface area contributed by atoms with E-state index in [4.69, 9.17) is 0 Å². The molecule has 0 aliphatic carbocycles. The highest BCUT2D eigenvalue weighted by Gasteiger charge is 2.22. The number of nitro benzene ring substituents is 1. The summed E-state index contributed by atoms with van der Waals surface area (Å²) in [6.45, 7) is 0. The molecule has 1 aromatic heterocycles. The number of anilines is 1. The second-order valence-electron chi connectivity index (χ2n) is 6.66. The first-order valence-electron chi connectivity index (χ1n) is 9.01. The Hall–Kier alpha value is -3.72. The van der Waals surface area contributed by atoms with Gasteiger partial charge in [0.1, 0.15) is 6.33 Å². The Balaban J connectivity index is 1.65. The van der Waals surface area contributed by atoms with Crippen molar-refractivity contribution in [1.29, 1.82) is 0 Å². The summed E-state index contributed by atoms with van der Waals surface area (Å²) >= 11 is 1.13. The van der Waals surface area contributed by atoms with Crippen LogP contribution in [0.5, 0.6) is 0 Å². The molecule has 4 aromatic rings. The van der Waals surface area contributed by atoms with E-state index < -0.39 is 4.92 Å². The van der Waals surface area contributed by atoms with Crippen LogP contribution in [0.25, 0.3) is 10.8 Å². The number of hydrogen-bond acceptors (Lipinski definition) is 6. The molecule has 8 nitrogen and oxygen atoms in total. The summed E-state index contributed by atoms with van der Waals surface area (Å²) in [4.78, 5) is 26.0. The largest absolute Gasteiger partial charge is 0.311 e. The van der Waals surface area contributed by atoms with Crippen LogP contribution >= 0.6 is 11.8 Å². The van der Waals surface area contributed by atoms with Gasteiger partial charge in [-0.2, -0.15) is 0 Å². The molecule has 0 bridgehead atoms. The lowest BCUT2D eigenvalue weighted by molar-refractivity contribution is -0.387. The number of aromatic nitrogens is 3. The van der Waals surface area contributed by atoms with E-state index in [1.54, 1.807) is 30.8 Å². The van der Waals surface area contributed by atoms with Crippen molar-refractivity contribution in [2.75, 3.05) is 11.9 Å². The van der Waals surface area contributed by atoms with Gasteiger partial charge in [0.2, 0.25) is 0 Å². The normalized spacial score (nSPS) is 10.9. The molecule has 0 fully saturated rings. The zero-order chi connectivity index (χ0) is 21.3. The van der Waals surface area contributed by atoms with Crippen molar-refractivity contribution < 1.29 is 9.72 Å². The lowest BCUT2D eigenvalue weighted by Crippen LogP contribution is -2.26. The Kier molecular flexibility index (Phi) is 5.20. The molecule has 9 heteroatoms. The van der Waals surface area contributed by atoms with E-state index >= 15 is 0 Å². The van der Waals surface area contributed by atoms with Gasteiger partial charge in [0.25, 0.3) is 11.6 Å². The van der Waals surface area contributed by atoms with Gasteiger partial charge in [0.15, 0.2) is 5.16 Å². The van der Waals surface area contributed by atoms with Crippen molar-refractivity contribution in [1.82, 2.24) is 14.8 Å². The van der Waals surface area contributed by atoms with E-state index in [-0.39, 0.29) is 17.2 Å². The molecule has 0 aliphatic heterocycles. The van der Waals surface area contributed by atoms with Crippen LogP contribution in [0.2, 0.25) is 0 Å². The second kappa shape index (κ2) is 7.96. The highest BCUT2D eigenvalue weighted by Crippen LogP contribution is 2.34. The molecule has 3 aromatic carbocycles. The van der Waals surface area contributed by atoms with E-state index in [1.807, 2.05) is 42.5 Å². The van der Waals surface area contributed by atoms with Crippen molar-refractivity contribution in [2.24, 2.45) is 7.05 Å². The lowest BCUT2D eigenvalue weighted by Gasteiger charge is -2.18.